The lowest BCUT2D eigenvalue weighted by molar-refractivity contribution is -0.136. The molecular formula is C20H21NO6S. The molecule has 0 saturated heterocycles. The highest BCUT2D eigenvalue weighted by Crippen LogP contribution is 2.17. The molecule has 148 valence electrons. The molecule has 2 aromatic rings. The molecule has 28 heavy (non-hydrogen) atoms. The zero-order valence-electron chi connectivity index (χ0n) is 15.8. The number of ketones is 1. The average Bonchev–Trinajstić information content (AvgIpc) is 2.69. The zero-order valence-corrected chi connectivity index (χ0v) is 16.6. The highest BCUT2D eigenvalue weighted by atomic mass is 32.2. The van der Waals surface area contributed by atoms with E-state index in [1.54, 1.807) is 37.5 Å². The molecule has 0 aliphatic heterocycles. The van der Waals surface area contributed by atoms with E-state index in [0.717, 1.165) is 16.1 Å². The SMILES string of the molecule is COc1ccc(/C=C/C(=O)OCC(=O)c2ccc(N(C)S(C)(=O)=O)cc2)cc1. The Labute approximate surface area is 164 Å². The van der Waals surface area contributed by atoms with E-state index in [1.807, 2.05) is 0 Å². The van der Waals surface area contributed by atoms with Crippen LogP contribution in [0.15, 0.2) is 54.6 Å². The van der Waals surface area contributed by atoms with Crippen LogP contribution in [0.1, 0.15) is 15.9 Å². The molecule has 0 atom stereocenters. The number of hydrogen-bond acceptors (Lipinski definition) is 6. The molecule has 0 aliphatic rings. The number of anilines is 1. The van der Waals surface area contributed by atoms with Gasteiger partial charge in [0.1, 0.15) is 5.75 Å². The van der Waals surface area contributed by atoms with E-state index < -0.39 is 22.6 Å². The second-order valence-electron chi connectivity index (χ2n) is 5.91. The maximum Gasteiger partial charge on any atom is 0.331 e. The Morgan fingerprint density at radius 2 is 1.64 bits per heavy atom. The van der Waals surface area contributed by atoms with Gasteiger partial charge in [-0.1, -0.05) is 12.1 Å². The summed E-state index contributed by atoms with van der Waals surface area (Å²) in [4.78, 5) is 23.9. The third-order valence-corrected chi connectivity index (χ3v) is 5.13. The third-order valence-electron chi connectivity index (χ3n) is 3.92. The molecular weight excluding hydrogens is 382 g/mol. The van der Waals surface area contributed by atoms with Crippen molar-refractivity contribution in [2.75, 3.05) is 31.3 Å². The molecule has 0 saturated carbocycles. The molecule has 0 heterocycles. The van der Waals surface area contributed by atoms with E-state index in [9.17, 15) is 18.0 Å². The minimum Gasteiger partial charge on any atom is -0.497 e. The van der Waals surface area contributed by atoms with Crippen LogP contribution in [0.5, 0.6) is 5.75 Å². The van der Waals surface area contributed by atoms with Crippen molar-refractivity contribution in [3.05, 3.63) is 65.7 Å². The van der Waals surface area contributed by atoms with Gasteiger partial charge in [0.25, 0.3) is 0 Å². The Morgan fingerprint density at radius 3 is 2.18 bits per heavy atom. The first-order valence-corrected chi connectivity index (χ1v) is 10.1. The van der Waals surface area contributed by atoms with Crippen molar-refractivity contribution in [2.45, 2.75) is 0 Å². The Bertz CT molecular complexity index is 963. The highest BCUT2D eigenvalue weighted by molar-refractivity contribution is 7.92. The Balaban J connectivity index is 1.90. The number of carbonyl (C=O) groups excluding carboxylic acids is 2. The fraction of sp³-hybridized carbons (Fsp3) is 0.200. The molecule has 7 nitrogen and oxygen atoms in total. The lowest BCUT2D eigenvalue weighted by atomic mass is 10.1. The van der Waals surface area contributed by atoms with E-state index in [4.69, 9.17) is 9.47 Å². The molecule has 0 N–H and O–H groups in total. The summed E-state index contributed by atoms with van der Waals surface area (Å²) in [6, 6.07) is 13.1. The van der Waals surface area contributed by atoms with Crippen LogP contribution in [0.25, 0.3) is 6.08 Å². The van der Waals surface area contributed by atoms with Gasteiger partial charge in [-0.2, -0.15) is 0 Å². The monoisotopic (exact) mass is 403 g/mol. The van der Waals surface area contributed by atoms with Gasteiger partial charge in [-0.25, -0.2) is 13.2 Å². The summed E-state index contributed by atoms with van der Waals surface area (Å²) in [6.45, 7) is -0.410. The molecule has 0 unspecified atom stereocenters. The first-order chi connectivity index (χ1) is 13.2. The molecule has 0 spiro atoms. The average molecular weight is 403 g/mol. The van der Waals surface area contributed by atoms with Gasteiger partial charge in [0, 0.05) is 18.7 Å². The standard InChI is InChI=1S/C20H21NO6S/c1-21(28(3,24)25)17-9-7-16(8-10-17)19(22)14-27-20(23)13-6-15-4-11-18(26-2)12-5-15/h4-13H,14H2,1-3H3/b13-6+. The fourth-order valence-electron chi connectivity index (χ4n) is 2.20. The normalized spacial score (nSPS) is 11.2. The Kier molecular flexibility index (Phi) is 6.94. The van der Waals surface area contributed by atoms with Crippen molar-refractivity contribution in [3.8, 4) is 5.75 Å². The molecule has 0 amide bonds. The van der Waals surface area contributed by atoms with E-state index in [1.165, 1.54) is 37.4 Å². The van der Waals surface area contributed by atoms with Gasteiger partial charge < -0.3 is 9.47 Å². The first kappa shape index (κ1) is 21.2. The van der Waals surface area contributed by atoms with Gasteiger partial charge in [0.2, 0.25) is 10.0 Å². The molecule has 0 bridgehead atoms. The zero-order chi connectivity index (χ0) is 20.7. The van der Waals surface area contributed by atoms with Crippen LogP contribution in [0, 0.1) is 0 Å². The molecule has 0 aromatic heterocycles. The Morgan fingerprint density at radius 1 is 1.04 bits per heavy atom. The van der Waals surface area contributed by atoms with E-state index >= 15 is 0 Å². The predicted octanol–water partition coefficient (Wildman–Crippen LogP) is 2.53. The van der Waals surface area contributed by atoms with Crippen LogP contribution >= 0.6 is 0 Å². The van der Waals surface area contributed by atoms with Gasteiger partial charge in [-0.3, -0.25) is 9.10 Å². The number of rotatable bonds is 8. The van der Waals surface area contributed by atoms with Crippen molar-refractivity contribution in [1.29, 1.82) is 0 Å². The summed E-state index contributed by atoms with van der Waals surface area (Å²) < 4.78 is 34.1. The summed E-state index contributed by atoms with van der Waals surface area (Å²) in [5, 5.41) is 0. The lowest BCUT2D eigenvalue weighted by Crippen LogP contribution is -2.24. The second kappa shape index (κ2) is 9.18. The van der Waals surface area contributed by atoms with Crippen LogP contribution in [0.3, 0.4) is 0 Å². The van der Waals surface area contributed by atoms with Crippen LogP contribution in [0.2, 0.25) is 0 Å². The number of sulfonamides is 1. The number of carbonyl (C=O) groups is 2. The van der Waals surface area contributed by atoms with Crippen molar-refractivity contribution in [1.82, 2.24) is 0 Å². The van der Waals surface area contributed by atoms with E-state index in [0.29, 0.717) is 17.0 Å². The van der Waals surface area contributed by atoms with Gasteiger partial charge in [0.15, 0.2) is 12.4 Å². The lowest BCUT2D eigenvalue weighted by Gasteiger charge is -2.16. The number of methoxy groups -OCH3 is 1. The number of esters is 1. The number of ether oxygens (including phenoxy) is 2. The van der Waals surface area contributed by atoms with Crippen LogP contribution in [0.4, 0.5) is 5.69 Å². The summed E-state index contributed by atoms with van der Waals surface area (Å²) in [5.41, 5.74) is 1.53. The molecule has 0 fully saturated rings. The smallest absolute Gasteiger partial charge is 0.331 e. The number of hydrogen-bond donors (Lipinski definition) is 0. The number of nitrogens with zero attached hydrogens (tertiary/aromatic N) is 1. The maximum atomic E-state index is 12.1. The van der Waals surface area contributed by atoms with Gasteiger partial charge >= 0.3 is 5.97 Å². The van der Waals surface area contributed by atoms with Gasteiger partial charge in [-0.05, 0) is 48.0 Å². The summed E-state index contributed by atoms with van der Waals surface area (Å²) >= 11 is 0. The molecule has 2 aromatic carbocycles. The van der Waals surface area contributed by atoms with E-state index in [-0.39, 0.29) is 5.78 Å². The van der Waals surface area contributed by atoms with E-state index in [2.05, 4.69) is 0 Å². The van der Waals surface area contributed by atoms with Crippen LogP contribution < -0.4 is 9.04 Å². The van der Waals surface area contributed by atoms with Crippen molar-refractivity contribution >= 4 is 33.5 Å². The largest absolute Gasteiger partial charge is 0.497 e. The molecule has 2 rings (SSSR count). The highest BCUT2D eigenvalue weighted by Gasteiger charge is 2.13. The fourth-order valence-corrected chi connectivity index (χ4v) is 2.70. The Hall–Kier alpha value is -3.13. The van der Waals surface area contributed by atoms with Crippen molar-refractivity contribution < 1.29 is 27.5 Å². The first-order valence-electron chi connectivity index (χ1n) is 8.27. The summed E-state index contributed by atoms with van der Waals surface area (Å²) in [5.74, 6) is -0.323. The number of Topliss-reactive ketones (excluding diaryl/α,β-unsaturated/α-hetero) is 1. The topological polar surface area (TPSA) is 90.0 Å². The van der Waals surface area contributed by atoms with Crippen LogP contribution in [-0.4, -0.2) is 47.2 Å². The molecule has 8 heteroatoms. The van der Waals surface area contributed by atoms with Crippen molar-refractivity contribution in [3.63, 3.8) is 0 Å². The third kappa shape index (κ3) is 5.95. The van der Waals surface area contributed by atoms with Gasteiger partial charge in [-0.15, -0.1) is 0 Å². The predicted molar refractivity (Wildman–Crippen MR) is 107 cm³/mol. The van der Waals surface area contributed by atoms with Gasteiger partial charge in [0.05, 0.1) is 19.1 Å². The minimum atomic E-state index is -3.38. The second-order valence-corrected chi connectivity index (χ2v) is 7.93. The molecule has 0 radical (unpaired) electrons. The van der Waals surface area contributed by atoms with Crippen molar-refractivity contribution in [2.24, 2.45) is 0 Å². The summed E-state index contributed by atoms with van der Waals surface area (Å²) in [6.07, 6.45) is 3.90. The maximum absolute atomic E-state index is 12.1. The van der Waals surface area contributed by atoms with Crippen LogP contribution in [-0.2, 0) is 19.6 Å². The minimum absolute atomic E-state index is 0.317. The summed E-state index contributed by atoms with van der Waals surface area (Å²) in [7, 11) is -0.393. The molecule has 0 aliphatic carbocycles. The quantitative estimate of drug-likeness (QED) is 0.382. The number of benzene rings is 2.